The predicted molar refractivity (Wildman–Crippen MR) is 103 cm³/mol. The fourth-order valence-corrected chi connectivity index (χ4v) is 6.38. The summed E-state index contributed by atoms with van der Waals surface area (Å²) < 4.78 is 26.1. The SMILES string of the molecule is CCN1CC[C@@]2(CN(C(=O)N(C)C)CC23CCN(S(=O)(=O)CC)CC3)C1=O. The third-order valence-corrected chi connectivity index (χ3v) is 8.83. The molecule has 3 fully saturated rings. The summed E-state index contributed by atoms with van der Waals surface area (Å²) in [5, 5.41) is 0. The molecule has 8 nitrogen and oxygen atoms in total. The Morgan fingerprint density at radius 1 is 1.07 bits per heavy atom. The molecule has 0 aromatic rings. The van der Waals surface area contributed by atoms with Crippen LogP contribution in [0.3, 0.4) is 0 Å². The van der Waals surface area contributed by atoms with E-state index in [1.807, 2.05) is 11.8 Å². The van der Waals surface area contributed by atoms with E-state index < -0.39 is 15.4 Å². The van der Waals surface area contributed by atoms with Crippen LogP contribution in [0.2, 0.25) is 0 Å². The second kappa shape index (κ2) is 6.92. The fourth-order valence-electron chi connectivity index (χ4n) is 5.27. The lowest BCUT2D eigenvalue weighted by Gasteiger charge is -2.46. The first kappa shape index (κ1) is 20.4. The van der Waals surface area contributed by atoms with Crippen molar-refractivity contribution in [3.05, 3.63) is 0 Å². The number of carbonyl (C=O) groups excluding carboxylic acids is 2. The Morgan fingerprint density at radius 2 is 1.70 bits per heavy atom. The van der Waals surface area contributed by atoms with Gasteiger partial charge in [0.15, 0.2) is 0 Å². The Balaban J connectivity index is 1.92. The van der Waals surface area contributed by atoms with Gasteiger partial charge < -0.3 is 14.7 Å². The third-order valence-electron chi connectivity index (χ3n) is 6.95. The van der Waals surface area contributed by atoms with Crippen LogP contribution in [0.1, 0.15) is 33.1 Å². The van der Waals surface area contributed by atoms with Gasteiger partial charge in [0.05, 0.1) is 11.2 Å². The number of rotatable bonds is 3. The van der Waals surface area contributed by atoms with Crippen LogP contribution in [-0.2, 0) is 14.8 Å². The second-order valence-corrected chi connectivity index (χ2v) is 10.6. The molecule has 3 heterocycles. The van der Waals surface area contributed by atoms with Gasteiger partial charge in [0.1, 0.15) is 0 Å². The number of nitrogens with zero attached hydrogens (tertiary/aromatic N) is 4. The molecular weight excluding hydrogens is 368 g/mol. The van der Waals surface area contributed by atoms with Gasteiger partial charge in [-0.15, -0.1) is 0 Å². The summed E-state index contributed by atoms with van der Waals surface area (Å²) in [6.07, 6.45) is 2.01. The normalized spacial score (nSPS) is 28.5. The van der Waals surface area contributed by atoms with E-state index in [9.17, 15) is 18.0 Å². The van der Waals surface area contributed by atoms with Gasteiger partial charge in [-0.05, 0) is 33.1 Å². The summed E-state index contributed by atoms with van der Waals surface area (Å²) in [6, 6.07) is -0.0717. The number of fused-ring (bicyclic) bond motifs is 1. The molecule has 0 bridgehead atoms. The summed E-state index contributed by atoms with van der Waals surface area (Å²) in [7, 11) is 0.229. The number of hydrogen-bond acceptors (Lipinski definition) is 4. The Labute approximate surface area is 162 Å². The van der Waals surface area contributed by atoms with Crippen molar-refractivity contribution in [2.75, 3.05) is 59.1 Å². The van der Waals surface area contributed by atoms with Gasteiger partial charge in [-0.3, -0.25) is 4.79 Å². The number of urea groups is 1. The molecule has 27 heavy (non-hydrogen) atoms. The van der Waals surface area contributed by atoms with Gasteiger partial charge >= 0.3 is 6.03 Å². The molecule has 3 saturated heterocycles. The van der Waals surface area contributed by atoms with E-state index >= 15 is 0 Å². The van der Waals surface area contributed by atoms with Gasteiger partial charge in [0.2, 0.25) is 15.9 Å². The number of sulfonamides is 1. The molecule has 3 rings (SSSR count). The monoisotopic (exact) mass is 400 g/mol. The summed E-state index contributed by atoms with van der Waals surface area (Å²) in [4.78, 5) is 31.3. The molecule has 154 valence electrons. The maximum atomic E-state index is 13.3. The number of amides is 3. The Hall–Kier alpha value is -1.35. The van der Waals surface area contributed by atoms with E-state index in [-0.39, 0.29) is 23.1 Å². The molecule has 0 radical (unpaired) electrons. The lowest BCUT2D eigenvalue weighted by molar-refractivity contribution is -0.141. The number of hydrogen-bond donors (Lipinski definition) is 0. The predicted octanol–water partition coefficient (Wildman–Crippen LogP) is 0.654. The second-order valence-electron chi connectivity index (χ2n) is 8.33. The zero-order valence-electron chi connectivity index (χ0n) is 16.9. The molecule has 2 spiro atoms. The highest BCUT2D eigenvalue weighted by Gasteiger charge is 2.66. The zero-order valence-corrected chi connectivity index (χ0v) is 17.7. The smallest absolute Gasteiger partial charge is 0.319 e. The molecule has 1 atom stereocenters. The van der Waals surface area contributed by atoms with Crippen LogP contribution >= 0.6 is 0 Å². The maximum Gasteiger partial charge on any atom is 0.319 e. The zero-order chi connectivity index (χ0) is 20.0. The van der Waals surface area contributed by atoms with Gasteiger partial charge in [0.25, 0.3) is 0 Å². The maximum absolute atomic E-state index is 13.3. The molecule has 0 aromatic carbocycles. The first-order valence-corrected chi connectivity index (χ1v) is 11.5. The fraction of sp³-hybridized carbons (Fsp3) is 0.889. The number of piperidine rings is 1. The first-order valence-electron chi connectivity index (χ1n) is 9.86. The van der Waals surface area contributed by atoms with E-state index in [4.69, 9.17) is 0 Å². The quantitative estimate of drug-likeness (QED) is 0.697. The molecule has 3 amide bonds. The minimum absolute atomic E-state index is 0.0717. The van der Waals surface area contributed by atoms with Crippen molar-refractivity contribution in [1.29, 1.82) is 0 Å². The van der Waals surface area contributed by atoms with E-state index in [1.165, 1.54) is 0 Å². The van der Waals surface area contributed by atoms with Crippen molar-refractivity contribution in [3.63, 3.8) is 0 Å². The summed E-state index contributed by atoms with van der Waals surface area (Å²) in [6.45, 7) is 6.88. The van der Waals surface area contributed by atoms with E-state index in [1.54, 1.807) is 35.1 Å². The molecule has 0 N–H and O–H groups in total. The van der Waals surface area contributed by atoms with Crippen LogP contribution < -0.4 is 0 Å². The summed E-state index contributed by atoms with van der Waals surface area (Å²) in [5.74, 6) is 0.240. The molecule has 0 aliphatic carbocycles. The van der Waals surface area contributed by atoms with Crippen LogP contribution in [0.5, 0.6) is 0 Å². The number of likely N-dealkylation sites (tertiary alicyclic amines) is 2. The van der Waals surface area contributed by atoms with Gasteiger partial charge in [-0.25, -0.2) is 17.5 Å². The molecule has 0 saturated carbocycles. The first-order chi connectivity index (χ1) is 12.6. The van der Waals surface area contributed by atoms with Crippen LogP contribution in [0.4, 0.5) is 4.79 Å². The van der Waals surface area contributed by atoms with Crippen LogP contribution in [0, 0.1) is 10.8 Å². The molecule has 3 aliphatic heterocycles. The van der Waals surface area contributed by atoms with Crippen molar-refractivity contribution < 1.29 is 18.0 Å². The molecular formula is C18H32N4O4S. The molecule has 3 aliphatic rings. The average Bonchev–Trinajstić information content (AvgIpc) is 3.14. The minimum atomic E-state index is -3.23. The van der Waals surface area contributed by atoms with E-state index in [0.29, 0.717) is 45.6 Å². The van der Waals surface area contributed by atoms with Gasteiger partial charge in [0, 0.05) is 58.8 Å². The largest absolute Gasteiger partial charge is 0.342 e. The third kappa shape index (κ3) is 3.03. The van der Waals surface area contributed by atoms with E-state index in [0.717, 1.165) is 13.0 Å². The van der Waals surface area contributed by atoms with Crippen molar-refractivity contribution in [3.8, 4) is 0 Å². The minimum Gasteiger partial charge on any atom is -0.342 e. The van der Waals surface area contributed by atoms with Crippen LogP contribution in [0.25, 0.3) is 0 Å². The van der Waals surface area contributed by atoms with Gasteiger partial charge in [-0.1, -0.05) is 0 Å². The van der Waals surface area contributed by atoms with Crippen LogP contribution in [0.15, 0.2) is 0 Å². The average molecular weight is 401 g/mol. The molecule has 9 heteroatoms. The highest BCUT2D eigenvalue weighted by atomic mass is 32.2. The topological polar surface area (TPSA) is 81.2 Å². The van der Waals surface area contributed by atoms with Crippen molar-refractivity contribution in [2.24, 2.45) is 10.8 Å². The van der Waals surface area contributed by atoms with Gasteiger partial charge in [-0.2, -0.15) is 0 Å². The lowest BCUT2D eigenvalue weighted by Crippen LogP contribution is -2.53. The molecule has 0 aromatic heterocycles. The Kier molecular flexibility index (Phi) is 5.22. The summed E-state index contributed by atoms with van der Waals surface area (Å²) in [5.41, 5.74) is -0.907. The Morgan fingerprint density at radius 3 is 2.19 bits per heavy atom. The van der Waals surface area contributed by atoms with Crippen LogP contribution in [-0.4, -0.2) is 98.5 Å². The van der Waals surface area contributed by atoms with Crippen molar-refractivity contribution in [2.45, 2.75) is 33.1 Å². The van der Waals surface area contributed by atoms with Crippen molar-refractivity contribution >= 4 is 22.0 Å². The lowest BCUT2D eigenvalue weighted by atomic mass is 9.60. The molecule has 0 unspecified atom stereocenters. The highest BCUT2D eigenvalue weighted by Crippen LogP contribution is 2.58. The number of carbonyl (C=O) groups is 2. The Bertz CT molecular complexity index is 715. The standard InChI is InChI=1S/C18H32N4O4S/c1-5-20-10-9-18(15(20)23)14-21(16(24)19(3)4)13-17(18)7-11-22(12-8-17)27(25,26)6-2/h5-14H2,1-4H3/t18-/m1/s1. The van der Waals surface area contributed by atoms with Crippen molar-refractivity contribution in [1.82, 2.24) is 19.0 Å². The van der Waals surface area contributed by atoms with E-state index in [2.05, 4.69) is 0 Å². The summed E-state index contributed by atoms with van der Waals surface area (Å²) >= 11 is 0. The highest BCUT2D eigenvalue weighted by molar-refractivity contribution is 7.89.